The molecule has 1 aliphatic carbocycles. The van der Waals surface area contributed by atoms with Crippen molar-refractivity contribution < 1.29 is 14.6 Å². The van der Waals surface area contributed by atoms with Crippen LogP contribution in [0.25, 0.3) is 10.9 Å². The van der Waals surface area contributed by atoms with Crippen molar-refractivity contribution in [1.82, 2.24) is 4.57 Å². The van der Waals surface area contributed by atoms with Gasteiger partial charge in [-0.25, -0.2) is 0 Å². The molecule has 4 heteroatoms. The van der Waals surface area contributed by atoms with Crippen molar-refractivity contribution in [3.05, 3.63) is 29.5 Å². The summed E-state index contributed by atoms with van der Waals surface area (Å²) in [5, 5.41) is 10.2. The van der Waals surface area contributed by atoms with Crippen molar-refractivity contribution in [2.75, 3.05) is 7.11 Å². The highest BCUT2D eigenvalue weighted by Gasteiger charge is 2.21. The number of nitrogens with zero attached hydrogens (tertiary/aromatic N) is 1. The van der Waals surface area contributed by atoms with Crippen molar-refractivity contribution in [3.63, 3.8) is 0 Å². The summed E-state index contributed by atoms with van der Waals surface area (Å²) in [5.41, 5.74) is 3.51. The number of aliphatic carboxylic acids is 1. The van der Waals surface area contributed by atoms with E-state index in [-0.39, 0.29) is 6.54 Å². The first-order chi connectivity index (χ1) is 9.20. The van der Waals surface area contributed by atoms with Gasteiger partial charge in [-0.05, 0) is 49.4 Å². The van der Waals surface area contributed by atoms with E-state index >= 15 is 0 Å². The number of carboxylic acid groups (broad SMARTS) is 1. The van der Waals surface area contributed by atoms with E-state index in [1.54, 1.807) is 7.11 Å². The molecule has 4 nitrogen and oxygen atoms in total. The predicted molar refractivity (Wildman–Crippen MR) is 72.8 cm³/mol. The zero-order valence-corrected chi connectivity index (χ0v) is 11.0. The SMILES string of the molecule is COc1ccc2c(c1)c1c(n2CC(=O)O)CCCC1. The molecule has 1 aliphatic rings. The molecule has 0 aliphatic heterocycles. The van der Waals surface area contributed by atoms with Crippen LogP contribution in [0.2, 0.25) is 0 Å². The third-order valence-corrected chi connectivity index (χ3v) is 3.88. The van der Waals surface area contributed by atoms with E-state index < -0.39 is 5.97 Å². The second kappa shape index (κ2) is 4.61. The molecule has 0 bridgehead atoms. The van der Waals surface area contributed by atoms with Gasteiger partial charge in [0.15, 0.2) is 0 Å². The van der Waals surface area contributed by atoms with Crippen molar-refractivity contribution >= 4 is 16.9 Å². The van der Waals surface area contributed by atoms with Crippen LogP contribution in [0.15, 0.2) is 18.2 Å². The van der Waals surface area contributed by atoms with E-state index in [2.05, 4.69) is 0 Å². The summed E-state index contributed by atoms with van der Waals surface area (Å²) in [6.07, 6.45) is 4.32. The lowest BCUT2D eigenvalue weighted by atomic mass is 9.95. The van der Waals surface area contributed by atoms with Crippen LogP contribution in [-0.4, -0.2) is 22.8 Å². The number of carboxylic acids is 1. The van der Waals surface area contributed by atoms with Crippen LogP contribution < -0.4 is 4.74 Å². The van der Waals surface area contributed by atoms with Gasteiger partial charge >= 0.3 is 5.97 Å². The molecule has 0 unspecified atom stereocenters. The van der Waals surface area contributed by atoms with E-state index in [1.807, 2.05) is 22.8 Å². The summed E-state index contributed by atoms with van der Waals surface area (Å²) in [7, 11) is 1.65. The van der Waals surface area contributed by atoms with Crippen molar-refractivity contribution in [2.24, 2.45) is 0 Å². The summed E-state index contributed by atoms with van der Waals surface area (Å²) >= 11 is 0. The molecule has 2 aromatic rings. The van der Waals surface area contributed by atoms with Gasteiger partial charge in [-0.1, -0.05) is 0 Å². The van der Waals surface area contributed by atoms with E-state index in [1.165, 1.54) is 17.7 Å². The Morgan fingerprint density at radius 3 is 2.89 bits per heavy atom. The second-order valence-corrected chi connectivity index (χ2v) is 5.00. The topological polar surface area (TPSA) is 51.5 Å². The van der Waals surface area contributed by atoms with E-state index in [4.69, 9.17) is 9.84 Å². The minimum Gasteiger partial charge on any atom is -0.497 e. The Morgan fingerprint density at radius 1 is 1.37 bits per heavy atom. The van der Waals surface area contributed by atoms with Gasteiger partial charge in [0.05, 0.1) is 7.11 Å². The number of benzene rings is 1. The maximum Gasteiger partial charge on any atom is 0.323 e. The standard InChI is InChI=1S/C15H17NO3/c1-19-10-6-7-14-12(8-10)11-4-2-3-5-13(11)16(14)9-15(17)18/h6-8H,2-5,9H2,1H3,(H,17,18). The number of ether oxygens (including phenoxy) is 1. The first kappa shape index (κ1) is 12.1. The first-order valence-corrected chi connectivity index (χ1v) is 6.60. The average molecular weight is 259 g/mol. The highest BCUT2D eigenvalue weighted by molar-refractivity contribution is 5.88. The van der Waals surface area contributed by atoms with Crippen LogP contribution in [0.1, 0.15) is 24.1 Å². The van der Waals surface area contributed by atoms with E-state index in [9.17, 15) is 4.79 Å². The summed E-state index contributed by atoms with van der Waals surface area (Å²) in [4.78, 5) is 11.1. The molecule has 0 fully saturated rings. The third-order valence-electron chi connectivity index (χ3n) is 3.88. The maximum atomic E-state index is 11.1. The van der Waals surface area contributed by atoms with Crippen LogP contribution in [0.5, 0.6) is 5.75 Å². The number of aryl methyl sites for hydroxylation is 1. The van der Waals surface area contributed by atoms with Gasteiger partial charge in [0.2, 0.25) is 0 Å². The van der Waals surface area contributed by atoms with Gasteiger partial charge in [-0.2, -0.15) is 0 Å². The zero-order chi connectivity index (χ0) is 13.4. The fourth-order valence-corrected chi connectivity index (χ4v) is 3.06. The highest BCUT2D eigenvalue weighted by Crippen LogP contribution is 2.34. The van der Waals surface area contributed by atoms with Crippen LogP contribution in [-0.2, 0) is 24.2 Å². The molecule has 1 aromatic heterocycles. The summed E-state index contributed by atoms with van der Waals surface area (Å²) < 4.78 is 7.23. The van der Waals surface area contributed by atoms with Crippen LogP contribution in [0, 0.1) is 0 Å². The molecule has 0 saturated heterocycles. The van der Waals surface area contributed by atoms with E-state index in [0.29, 0.717) is 0 Å². The average Bonchev–Trinajstić information content (AvgIpc) is 2.73. The molecule has 0 spiro atoms. The Labute approximate surface area is 111 Å². The summed E-state index contributed by atoms with van der Waals surface area (Å²) in [5.74, 6) is 0.0365. The Bertz CT molecular complexity index is 642. The number of aromatic nitrogens is 1. The van der Waals surface area contributed by atoms with Gasteiger partial charge in [-0.3, -0.25) is 4.79 Å². The smallest absolute Gasteiger partial charge is 0.323 e. The second-order valence-electron chi connectivity index (χ2n) is 5.00. The number of carbonyl (C=O) groups is 1. The molecule has 0 saturated carbocycles. The number of hydrogen-bond donors (Lipinski definition) is 1. The lowest BCUT2D eigenvalue weighted by Gasteiger charge is -2.14. The Kier molecular flexibility index (Phi) is 2.93. The molecule has 0 radical (unpaired) electrons. The largest absolute Gasteiger partial charge is 0.497 e. The third kappa shape index (κ3) is 1.97. The maximum absolute atomic E-state index is 11.1. The van der Waals surface area contributed by atoms with Crippen molar-refractivity contribution in [2.45, 2.75) is 32.2 Å². The highest BCUT2D eigenvalue weighted by atomic mass is 16.5. The monoisotopic (exact) mass is 259 g/mol. The molecule has 1 N–H and O–H groups in total. The van der Waals surface area contributed by atoms with Crippen LogP contribution >= 0.6 is 0 Å². The Balaban J connectivity index is 2.25. The van der Waals surface area contributed by atoms with Gasteiger partial charge < -0.3 is 14.4 Å². The number of rotatable bonds is 3. The predicted octanol–water partition coefficient (Wildman–Crippen LogP) is 2.61. The minimum absolute atomic E-state index is 0.0398. The fraction of sp³-hybridized carbons (Fsp3) is 0.400. The molecular formula is C15H17NO3. The fourth-order valence-electron chi connectivity index (χ4n) is 3.06. The quantitative estimate of drug-likeness (QED) is 0.921. The van der Waals surface area contributed by atoms with Gasteiger partial charge in [0.1, 0.15) is 12.3 Å². The molecule has 1 aromatic carbocycles. The van der Waals surface area contributed by atoms with Crippen molar-refractivity contribution in [3.8, 4) is 5.75 Å². The molecule has 19 heavy (non-hydrogen) atoms. The summed E-state index contributed by atoms with van der Waals surface area (Å²) in [6, 6.07) is 5.89. The molecular weight excluding hydrogens is 242 g/mol. The van der Waals surface area contributed by atoms with Crippen LogP contribution in [0.4, 0.5) is 0 Å². The molecule has 0 atom stereocenters. The van der Waals surface area contributed by atoms with E-state index in [0.717, 1.165) is 35.9 Å². The van der Waals surface area contributed by atoms with Crippen LogP contribution in [0.3, 0.4) is 0 Å². The number of methoxy groups -OCH3 is 1. The lowest BCUT2D eigenvalue weighted by Crippen LogP contribution is -2.13. The van der Waals surface area contributed by atoms with Gasteiger partial charge in [-0.15, -0.1) is 0 Å². The first-order valence-electron chi connectivity index (χ1n) is 6.60. The number of hydrogen-bond acceptors (Lipinski definition) is 2. The molecule has 0 amide bonds. The zero-order valence-electron chi connectivity index (χ0n) is 11.0. The molecule has 100 valence electrons. The summed E-state index contributed by atoms with van der Waals surface area (Å²) in [6.45, 7) is 0.0398. The molecule has 1 heterocycles. The van der Waals surface area contributed by atoms with Crippen molar-refractivity contribution in [1.29, 1.82) is 0 Å². The minimum atomic E-state index is -0.791. The normalized spacial score (nSPS) is 14.4. The Hall–Kier alpha value is -1.97. The van der Waals surface area contributed by atoms with Gasteiger partial charge in [0.25, 0.3) is 0 Å². The van der Waals surface area contributed by atoms with Gasteiger partial charge in [0, 0.05) is 16.6 Å². The lowest BCUT2D eigenvalue weighted by molar-refractivity contribution is -0.137. The number of fused-ring (bicyclic) bond motifs is 3. The molecule has 3 rings (SSSR count). The Morgan fingerprint density at radius 2 is 2.16 bits per heavy atom.